The van der Waals surface area contributed by atoms with Gasteiger partial charge in [-0.2, -0.15) is 0 Å². The van der Waals surface area contributed by atoms with E-state index in [0.717, 1.165) is 0 Å². The normalized spacial score (nSPS) is 11.0. The molecule has 0 radical (unpaired) electrons. The molecule has 0 bridgehead atoms. The average molecular weight is 386 g/mol. The number of anilines is 2. The van der Waals surface area contributed by atoms with Gasteiger partial charge in [-0.05, 0) is 24.3 Å². The number of aromatic nitrogens is 1. The summed E-state index contributed by atoms with van der Waals surface area (Å²) in [5.74, 6) is -0.915. The predicted molar refractivity (Wildman–Crippen MR) is 94.3 cm³/mol. The lowest BCUT2D eigenvalue weighted by Crippen LogP contribution is -2.18. The molecule has 134 valence electrons. The summed E-state index contributed by atoms with van der Waals surface area (Å²) >= 11 is 5.86. The number of hydrogen-bond donors (Lipinski definition) is 2. The Bertz CT molecular complexity index is 915. The molecule has 0 unspecified atom stereocenters. The number of hydrogen-bond acceptors (Lipinski definition) is 6. The van der Waals surface area contributed by atoms with Gasteiger partial charge in [0.15, 0.2) is 0 Å². The first kappa shape index (κ1) is 18.8. The number of pyridine rings is 1. The molecular formula is C15H16ClN3O5S. The number of nitrogens with one attached hydrogen (secondary N) is 1. The minimum Gasteiger partial charge on any atom is -0.495 e. The van der Waals surface area contributed by atoms with Gasteiger partial charge in [0.05, 0.1) is 19.0 Å². The number of rotatable bonds is 6. The van der Waals surface area contributed by atoms with E-state index < -0.39 is 16.0 Å². The van der Waals surface area contributed by atoms with Crippen LogP contribution in [-0.2, 0) is 10.0 Å². The summed E-state index contributed by atoms with van der Waals surface area (Å²) in [6, 6.07) is 5.35. The van der Waals surface area contributed by atoms with Crippen LogP contribution in [-0.4, -0.2) is 45.7 Å². The molecule has 0 saturated carbocycles. The summed E-state index contributed by atoms with van der Waals surface area (Å²) in [4.78, 5) is 16.7. The van der Waals surface area contributed by atoms with E-state index in [0.29, 0.717) is 0 Å². The molecule has 0 spiro atoms. The third-order valence-corrected chi connectivity index (χ3v) is 4.83. The molecule has 0 aliphatic rings. The summed E-state index contributed by atoms with van der Waals surface area (Å²) in [6.07, 6.45) is 1.23. The summed E-state index contributed by atoms with van der Waals surface area (Å²) in [6.45, 7) is 0. The number of methoxy groups -OCH3 is 1. The highest BCUT2D eigenvalue weighted by molar-refractivity contribution is 7.92. The summed E-state index contributed by atoms with van der Waals surface area (Å²) in [5, 5.41) is 9.51. The maximum absolute atomic E-state index is 12.6. The number of carboxylic acids is 1. The number of sulfonamides is 1. The monoisotopic (exact) mass is 385 g/mol. The second-order valence-electron chi connectivity index (χ2n) is 5.20. The van der Waals surface area contributed by atoms with Crippen molar-refractivity contribution >= 4 is 39.1 Å². The van der Waals surface area contributed by atoms with E-state index in [-0.39, 0.29) is 32.7 Å². The highest BCUT2D eigenvalue weighted by Crippen LogP contribution is 2.29. The lowest BCUT2D eigenvalue weighted by atomic mass is 10.2. The SMILES string of the molecule is COc1ccc(Cl)cc1S(=O)(=O)Nc1cnc(N(C)C)c(C(=O)O)c1. The maximum atomic E-state index is 12.6. The molecule has 0 saturated heterocycles. The first-order valence-corrected chi connectivity index (χ1v) is 8.79. The molecule has 0 aliphatic heterocycles. The van der Waals surface area contributed by atoms with Gasteiger partial charge in [-0.15, -0.1) is 0 Å². The predicted octanol–water partition coefficient (Wildman–Crippen LogP) is 2.31. The van der Waals surface area contributed by atoms with Crippen molar-refractivity contribution in [2.75, 3.05) is 30.8 Å². The van der Waals surface area contributed by atoms with Crippen LogP contribution in [0, 0.1) is 0 Å². The summed E-state index contributed by atoms with van der Waals surface area (Å²) < 4.78 is 32.5. The lowest BCUT2D eigenvalue weighted by Gasteiger charge is -2.16. The van der Waals surface area contributed by atoms with Crippen molar-refractivity contribution in [2.45, 2.75) is 4.90 Å². The third kappa shape index (κ3) is 4.12. The second-order valence-corrected chi connectivity index (χ2v) is 7.28. The van der Waals surface area contributed by atoms with Crippen LogP contribution in [0.2, 0.25) is 5.02 Å². The Kier molecular flexibility index (Phi) is 5.39. The molecule has 0 atom stereocenters. The van der Waals surface area contributed by atoms with Gasteiger partial charge in [0.2, 0.25) is 0 Å². The minimum absolute atomic E-state index is 0.00466. The second kappa shape index (κ2) is 7.16. The first-order chi connectivity index (χ1) is 11.7. The van der Waals surface area contributed by atoms with Crippen LogP contribution in [0.4, 0.5) is 11.5 Å². The Morgan fingerprint density at radius 2 is 2.00 bits per heavy atom. The number of nitrogens with zero attached hydrogens (tertiary/aromatic N) is 2. The van der Waals surface area contributed by atoms with E-state index in [1.54, 1.807) is 14.1 Å². The van der Waals surface area contributed by atoms with E-state index in [1.165, 1.54) is 42.5 Å². The molecule has 1 heterocycles. The Labute approximate surface area is 150 Å². The number of halogens is 1. The highest BCUT2D eigenvalue weighted by atomic mass is 35.5. The van der Waals surface area contributed by atoms with Gasteiger partial charge < -0.3 is 14.7 Å². The Hall–Kier alpha value is -2.52. The highest BCUT2D eigenvalue weighted by Gasteiger charge is 2.22. The molecule has 2 N–H and O–H groups in total. The fraction of sp³-hybridized carbons (Fsp3) is 0.200. The molecule has 1 aromatic carbocycles. The van der Waals surface area contributed by atoms with Crippen LogP contribution in [0.5, 0.6) is 5.75 Å². The molecule has 0 aliphatic carbocycles. The standard InChI is InChI=1S/C15H16ClN3O5S/c1-19(2)14-11(15(20)21)7-10(8-17-14)18-25(22,23)13-6-9(16)4-5-12(13)24-3/h4-8,18H,1-3H3,(H,20,21). The van der Waals surface area contributed by atoms with Crippen molar-refractivity contribution in [1.29, 1.82) is 0 Å². The zero-order valence-corrected chi connectivity index (χ0v) is 15.2. The lowest BCUT2D eigenvalue weighted by molar-refractivity contribution is 0.0697. The smallest absolute Gasteiger partial charge is 0.339 e. The molecule has 0 fully saturated rings. The van der Waals surface area contributed by atoms with Crippen LogP contribution in [0.3, 0.4) is 0 Å². The van der Waals surface area contributed by atoms with E-state index in [1.807, 2.05) is 0 Å². The molecule has 1 aromatic heterocycles. The van der Waals surface area contributed by atoms with E-state index in [9.17, 15) is 18.3 Å². The van der Waals surface area contributed by atoms with Crippen molar-refractivity contribution in [3.05, 3.63) is 41.0 Å². The quantitative estimate of drug-likeness (QED) is 0.785. The Morgan fingerprint density at radius 3 is 2.56 bits per heavy atom. The van der Waals surface area contributed by atoms with Gasteiger partial charge in [-0.25, -0.2) is 18.2 Å². The zero-order chi connectivity index (χ0) is 18.8. The van der Waals surface area contributed by atoms with Crippen LogP contribution >= 0.6 is 11.6 Å². The van der Waals surface area contributed by atoms with Crippen molar-refractivity contribution in [3.8, 4) is 5.75 Å². The van der Waals surface area contributed by atoms with Gasteiger partial charge >= 0.3 is 5.97 Å². The van der Waals surface area contributed by atoms with Crippen molar-refractivity contribution in [1.82, 2.24) is 4.98 Å². The fourth-order valence-electron chi connectivity index (χ4n) is 2.10. The van der Waals surface area contributed by atoms with Crippen molar-refractivity contribution in [3.63, 3.8) is 0 Å². The molecular weight excluding hydrogens is 370 g/mol. The Balaban J connectivity index is 2.47. The van der Waals surface area contributed by atoms with E-state index >= 15 is 0 Å². The molecule has 2 aromatic rings. The van der Waals surface area contributed by atoms with Gasteiger partial charge in [0.25, 0.3) is 10.0 Å². The molecule has 2 rings (SSSR count). The maximum Gasteiger partial charge on any atom is 0.339 e. The topological polar surface area (TPSA) is 109 Å². The third-order valence-electron chi connectivity index (χ3n) is 3.19. The molecule has 10 heteroatoms. The van der Waals surface area contributed by atoms with Crippen LogP contribution in [0.25, 0.3) is 0 Å². The van der Waals surface area contributed by atoms with Gasteiger partial charge in [-0.3, -0.25) is 4.72 Å². The Morgan fingerprint density at radius 1 is 1.32 bits per heavy atom. The number of aromatic carboxylic acids is 1. The van der Waals surface area contributed by atoms with Crippen LogP contribution in [0.1, 0.15) is 10.4 Å². The number of benzene rings is 1. The van der Waals surface area contributed by atoms with E-state index in [4.69, 9.17) is 16.3 Å². The van der Waals surface area contributed by atoms with Crippen molar-refractivity contribution in [2.24, 2.45) is 0 Å². The fourth-order valence-corrected chi connectivity index (χ4v) is 3.56. The molecule has 0 amide bonds. The van der Waals surface area contributed by atoms with Crippen molar-refractivity contribution < 1.29 is 23.1 Å². The number of carboxylic acid groups (broad SMARTS) is 1. The molecule has 8 nitrogen and oxygen atoms in total. The average Bonchev–Trinajstić information content (AvgIpc) is 2.54. The minimum atomic E-state index is -4.06. The summed E-state index contributed by atoms with van der Waals surface area (Å²) in [7, 11) is 0.540. The van der Waals surface area contributed by atoms with Gasteiger partial charge in [-0.1, -0.05) is 11.6 Å². The largest absolute Gasteiger partial charge is 0.495 e. The zero-order valence-electron chi connectivity index (χ0n) is 13.6. The van der Waals surface area contributed by atoms with E-state index in [2.05, 4.69) is 9.71 Å². The first-order valence-electron chi connectivity index (χ1n) is 6.92. The van der Waals surface area contributed by atoms with Crippen LogP contribution in [0.15, 0.2) is 35.4 Å². The summed E-state index contributed by atoms with van der Waals surface area (Å²) in [5.41, 5.74) is -0.131. The molecule has 25 heavy (non-hydrogen) atoms. The number of ether oxygens (including phenoxy) is 1. The van der Waals surface area contributed by atoms with Crippen LogP contribution < -0.4 is 14.4 Å². The number of carbonyl (C=O) groups is 1. The van der Waals surface area contributed by atoms with Gasteiger partial charge in [0.1, 0.15) is 22.0 Å². The van der Waals surface area contributed by atoms with Gasteiger partial charge in [0, 0.05) is 19.1 Å².